The van der Waals surface area contributed by atoms with Crippen LogP contribution in [0.1, 0.15) is 31.7 Å². The Morgan fingerprint density at radius 3 is 2.82 bits per heavy atom. The minimum absolute atomic E-state index is 0.700. The Labute approximate surface area is 104 Å². The molecule has 94 valence electrons. The SMILES string of the molecule is COc1ccccc1C1CC1CNCC(C)C. The highest BCUT2D eigenvalue weighted by molar-refractivity contribution is 5.39. The lowest BCUT2D eigenvalue weighted by Gasteiger charge is -2.09. The van der Waals surface area contributed by atoms with E-state index in [2.05, 4.69) is 37.4 Å². The van der Waals surface area contributed by atoms with Gasteiger partial charge in [0.1, 0.15) is 5.75 Å². The normalized spacial score (nSPS) is 22.8. The lowest BCUT2D eigenvalue weighted by molar-refractivity contribution is 0.409. The molecule has 1 saturated carbocycles. The van der Waals surface area contributed by atoms with Gasteiger partial charge in [-0.2, -0.15) is 0 Å². The molecular formula is C15H23NO. The molecule has 17 heavy (non-hydrogen) atoms. The van der Waals surface area contributed by atoms with Crippen LogP contribution in [0.3, 0.4) is 0 Å². The van der Waals surface area contributed by atoms with E-state index in [-0.39, 0.29) is 0 Å². The van der Waals surface area contributed by atoms with E-state index in [4.69, 9.17) is 4.74 Å². The van der Waals surface area contributed by atoms with E-state index in [1.807, 2.05) is 6.07 Å². The molecule has 2 heteroatoms. The fourth-order valence-corrected chi connectivity index (χ4v) is 2.38. The average Bonchev–Trinajstić information content (AvgIpc) is 3.08. The van der Waals surface area contributed by atoms with Crippen LogP contribution in [-0.4, -0.2) is 20.2 Å². The van der Waals surface area contributed by atoms with E-state index in [0.717, 1.165) is 30.7 Å². The van der Waals surface area contributed by atoms with Crippen LogP contribution in [0.5, 0.6) is 5.75 Å². The molecule has 2 unspecified atom stereocenters. The molecule has 0 aromatic heterocycles. The van der Waals surface area contributed by atoms with E-state index in [0.29, 0.717) is 5.92 Å². The minimum Gasteiger partial charge on any atom is -0.496 e. The molecule has 2 rings (SSSR count). The number of nitrogens with one attached hydrogen (secondary N) is 1. The summed E-state index contributed by atoms with van der Waals surface area (Å²) in [6, 6.07) is 8.41. The van der Waals surface area contributed by atoms with Gasteiger partial charge in [-0.1, -0.05) is 32.0 Å². The molecule has 1 N–H and O–H groups in total. The van der Waals surface area contributed by atoms with Crippen LogP contribution in [0.15, 0.2) is 24.3 Å². The average molecular weight is 233 g/mol. The lowest BCUT2D eigenvalue weighted by Crippen LogP contribution is -2.22. The summed E-state index contributed by atoms with van der Waals surface area (Å²) in [6.07, 6.45) is 1.30. The molecule has 1 aromatic carbocycles. The van der Waals surface area contributed by atoms with Crippen molar-refractivity contribution >= 4 is 0 Å². The van der Waals surface area contributed by atoms with Gasteiger partial charge in [0.05, 0.1) is 7.11 Å². The fraction of sp³-hybridized carbons (Fsp3) is 0.600. The number of para-hydroxylation sites is 1. The molecular weight excluding hydrogens is 210 g/mol. The third-order valence-electron chi connectivity index (χ3n) is 3.42. The fourth-order valence-electron chi connectivity index (χ4n) is 2.38. The van der Waals surface area contributed by atoms with E-state index in [1.54, 1.807) is 7.11 Å². The molecule has 0 bridgehead atoms. The number of benzene rings is 1. The molecule has 0 heterocycles. The van der Waals surface area contributed by atoms with Crippen LogP contribution in [0.25, 0.3) is 0 Å². The zero-order valence-electron chi connectivity index (χ0n) is 11.1. The van der Waals surface area contributed by atoms with Gasteiger partial charge in [-0.3, -0.25) is 0 Å². The first kappa shape index (κ1) is 12.4. The van der Waals surface area contributed by atoms with Gasteiger partial charge in [0.15, 0.2) is 0 Å². The van der Waals surface area contributed by atoms with Gasteiger partial charge in [0.25, 0.3) is 0 Å². The predicted molar refractivity (Wildman–Crippen MR) is 71.5 cm³/mol. The third-order valence-corrected chi connectivity index (χ3v) is 3.42. The second-order valence-corrected chi connectivity index (χ2v) is 5.40. The van der Waals surface area contributed by atoms with Crippen LogP contribution in [0, 0.1) is 11.8 Å². The van der Waals surface area contributed by atoms with Crippen molar-refractivity contribution in [3.05, 3.63) is 29.8 Å². The maximum absolute atomic E-state index is 5.42. The maximum atomic E-state index is 5.42. The molecule has 1 aromatic rings. The first-order chi connectivity index (χ1) is 8.22. The first-order valence-electron chi connectivity index (χ1n) is 6.56. The number of hydrogen-bond acceptors (Lipinski definition) is 2. The van der Waals surface area contributed by atoms with Crippen LogP contribution in [0.2, 0.25) is 0 Å². The summed E-state index contributed by atoms with van der Waals surface area (Å²) in [6.45, 7) is 6.76. The summed E-state index contributed by atoms with van der Waals surface area (Å²) < 4.78 is 5.42. The van der Waals surface area contributed by atoms with Crippen LogP contribution >= 0.6 is 0 Å². The first-order valence-corrected chi connectivity index (χ1v) is 6.56. The molecule has 1 aliphatic rings. The van der Waals surface area contributed by atoms with Crippen molar-refractivity contribution < 1.29 is 4.74 Å². The molecule has 0 amide bonds. The monoisotopic (exact) mass is 233 g/mol. The van der Waals surface area contributed by atoms with Gasteiger partial charge in [0, 0.05) is 0 Å². The molecule has 0 spiro atoms. The standard InChI is InChI=1S/C15H23NO/c1-11(2)9-16-10-12-8-14(12)13-6-4-5-7-15(13)17-3/h4-7,11-12,14,16H,8-10H2,1-3H3. The summed E-state index contributed by atoms with van der Waals surface area (Å²) >= 11 is 0. The Morgan fingerprint density at radius 1 is 1.35 bits per heavy atom. The molecule has 0 radical (unpaired) electrons. The van der Waals surface area contributed by atoms with E-state index in [9.17, 15) is 0 Å². The molecule has 1 aliphatic carbocycles. The lowest BCUT2D eigenvalue weighted by atomic mass is 10.1. The molecule has 2 atom stereocenters. The molecule has 1 fully saturated rings. The van der Waals surface area contributed by atoms with Gasteiger partial charge >= 0.3 is 0 Å². The Bertz CT molecular complexity index is 362. The smallest absolute Gasteiger partial charge is 0.122 e. The Kier molecular flexibility index (Phi) is 4.06. The van der Waals surface area contributed by atoms with Gasteiger partial charge in [-0.25, -0.2) is 0 Å². The highest BCUT2D eigenvalue weighted by atomic mass is 16.5. The Balaban J connectivity index is 1.85. The van der Waals surface area contributed by atoms with Gasteiger partial charge in [-0.05, 0) is 48.9 Å². The van der Waals surface area contributed by atoms with Crippen molar-refractivity contribution in [2.45, 2.75) is 26.2 Å². The second kappa shape index (κ2) is 5.54. The number of ether oxygens (including phenoxy) is 1. The van der Waals surface area contributed by atoms with Crippen molar-refractivity contribution in [2.24, 2.45) is 11.8 Å². The van der Waals surface area contributed by atoms with Gasteiger partial charge in [-0.15, -0.1) is 0 Å². The van der Waals surface area contributed by atoms with Crippen molar-refractivity contribution in [3.8, 4) is 5.75 Å². The Morgan fingerprint density at radius 2 is 2.12 bits per heavy atom. The van der Waals surface area contributed by atoms with E-state index >= 15 is 0 Å². The number of methoxy groups -OCH3 is 1. The minimum atomic E-state index is 0.700. The van der Waals surface area contributed by atoms with E-state index < -0.39 is 0 Å². The molecule has 0 aliphatic heterocycles. The molecule has 2 nitrogen and oxygen atoms in total. The summed E-state index contributed by atoms with van der Waals surface area (Å²) in [4.78, 5) is 0. The van der Waals surface area contributed by atoms with E-state index in [1.165, 1.54) is 12.0 Å². The quantitative estimate of drug-likeness (QED) is 0.815. The maximum Gasteiger partial charge on any atom is 0.122 e. The zero-order valence-corrected chi connectivity index (χ0v) is 11.1. The van der Waals surface area contributed by atoms with Crippen LogP contribution in [0.4, 0.5) is 0 Å². The number of rotatable bonds is 6. The summed E-state index contributed by atoms with van der Waals surface area (Å²) in [5.41, 5.74) is 1.38. The predicted octanol–water partition coefficient (Wildman–Crippen LogP) is 3.04. The van der Waals surface area contributed by atoms with Gasteiger partial charge in [0.2, 0.25) is 0 Å². The highest BCUT2D eigenvalue weighted by Gasteiger charge is 2.39. The van der Waals surface area contributed by atoms with Crippen LogP contribution < -0.4 is 10.1 Å². The summed E-state index contributed by atoms with van der Waals surface area (Å²) in [5, 5.41) is 3.54. The molecule has 0 saturated heterocycles. The Hall–Kier alpha value is -1.02. The summed E-state index contributed by atoms with van der Waals surface area (Å²) in [5.74, 6) is 3.28. The van der Waals surface area contributed by atoms with Gasteiger partial charge < -0.3 is 10.1 Å². The number of hydrogen-bond donors (Lipinski definition) is 1. The largest absolute Gasteiger partial charge is 0.496 e. The highest BCUT2D eigenvalue weighted by Crippen LogP contribution is 2.49. The zero-order chi connectivity index (χ0) is 12.3. The van der Waals surface area contributed by atoms with Crippen molar-refractivity contribution in [1.29, 1.82) is 0 Å². The third kappa shape index (κ3) is 3.22. The van der Waals surface area contributed by atoms with Crippen LogP contribution in [-0.2, 0) is 0 Å². The van der Waals surface area contributed by atoms with Crippen molar-refractivity contribution in [1.82, 2.24) is 5.32 Å². The van der Waals surface area contributed by atoms with Crippen molar-refractivity contribution in [2.75, 3.05) is 20.2 Å². The second-order valence-electron chi connectivity index (χ2n) is 5.40. The van der Waals surface area contributed by atoms with Crippen molar-refractivity contribution in [3.63, 3.8) is 0 Å². The summed E-state index contributed by atoms with van der Waals surface area (Å²) in [7, 11) is 1.76. The topological polar surface area (TPSA) is 21.3 Å².